The van der Waals surface area contributed by atoms with E-state index in [0.717, 1.165) is 17.4 Å². The molecular formula is C13H21BrN2. The molecule has 3 heteroatoms. The van der Waals surface area contributed by atoms with Gasteiger partial charge in [-0.3, -0.25) is 4.90 Å². The normalized spacial score (nSPS) is 15.1. The standard InChI is InChI=1S/C13H21BrN2/c1-4-13(2,10-15)16(3)9-11-5-7-12(14)8-6-11/h5-8H,4,9-10,15H2,1-3H3. The Kier molecular flexibility index (Phi) is 4.96. The van der Waals surface area contributed by atoms with E-state index in [1.165, 1.54) is 5.56 Å². The molecule has 1 unspecified atom stereocenters. The molecular weight excluding hydrogens is 264 g/mol. The first-order valence-corrected chi connectivity index (χ1v) is 6.47. The highest BCUT2D eigenvalue weighted by Gasteiger charge is 2.25. The van der Waals surface area contributed by atoms with Crippen molar-refractivity contribution in [2.24, 2.45) is 5.73 Å². The molecule has 0 radical (unpaired) electrons. The van der Waals surface area contributed by atoms with E-state index in [9.17, 15) is 0 Å². The lowest BCUT2D eigenvalue weighted by atomic mass is 9.96. The molecule has 0 fully saturated rings. The van der Waals surface area contributed by atoms with Crippen molar-refractivity contribution in [3.63, 3.8) is 0 Å². The lowest BCUT2D eigenvalue weighted by Gasteiger charge is -2.37. The van der Waals surface area contributed by atoms with E-state index in [-0.39, 0.29) is 5.54 Å². The van der Waals surface area contributed by atoms with Crippen molar-refractivity contribution >= 4 is 15.9 Å². The van der Waals surface area contributed by atoms with Gasteiger partial charge in [0.25, 0.3) is 0 Å². The van der Waals surface area contributed by atoms with Crippen LogP contribution in [0.25, 0.3) is 0 Å². The Balaban J connectivity index is 2.70. The zero-order valence-corrected chi connectivity index (χ0v) is 11.9. The molecule has 0 heterocycles. The number of likely N-dealkylation sites (N-methyl/N-ethyl adjacent to an activating group) is 1. The fourth-order valence-electron chi connectivity index (χ4n) is 1.62. The zero-order valence-electron chi connectivity index (χ0n) is 10.3. The third kappa shape index (κ3) is 3.30. The molecule has 90 valence electrons. The zero-order chi connectivity index (χ0) is 12.2. The summed E-state index contributed by atoms with van der Waals surface area (Å²) in [5, 5.41) is 0. The Morgan fingerprint density at radius 3 is 2.31 bits per heavy atom. The van der Waals surface area contributed by atoms with Crippen LogP contribution in [0.1, 0.15) is 25.8 Å². The van der Waals surface area contributed by atoms with Crippen molar-refractivity contribution in [1.82, 2.24) is 4.90 Å². The number of benzene rings is 1. The molecule has 1 atom stereocenters. The highest BCUT2D eigenvalue weighted by atomic mass is 79.9. The van der Waals surface area contributed by atoms with Crippen molar-refractivity contribution in [2.45, 2.75) is 32.4 Å². The lowest BCUT2D eigenvalue weighted by Crippen LogP contribution is -2.48. The van der Waals surface area contributed by atoms with Crippen molar-refractivity contribution < 1.29 is 0 Å². The van der Waals surface area contributed by atoms with Crippen LogP contribution < -0.4 is 5.73 Å². The molecule has 0 aliphatic heterocycles. The predicted molar refractivity (Wildman–Crippen MR) is 73.4 cm³/mol. The molecule has 0 saturated heterocycles. The van der Waals surface area contributed by atoms with E-state index in [0.29, 0.717) is 6.54 Å². The molecule has 0 amide bonds. The van der Waals surface area contributed by atoms with Gasteiger partial charge in [0.1, 0.15) is 0 Å². The summed E-state index contributed by atoms with van der Waals surface area (Å²) in [6, 6.07) is 8.45. The Bertz CT molecular complexity index is 317. The average molecular weight is 285 g/mol. The smallest absolute Gasteiger partial charge is 0.0301 e. The van der Waals surface area contributed by atoms with Gasteiger partial charge in [-0.05, 0) is 38.1 Å². The van der Waals surface area contributed by atoms with Gasteiger partial charge in [-0.15, -0.1) is 0 Å². The number of nitrogens with zero attached hydrogens (tertiary/aromatic N) is 1. The van der Waals surface area contributed by atoms with E-state index in [1.807, 2.05) is 0 Å². The maximum Gasteiger partial charge on any atom is 0.0301 e. The summed E-state index contributed by atoms with van der Waals surface area (Å²) >= 11 is 3.44. The van der Waals surface area contributed by atoms with Gasteiger partial charge >= 0.3 is 0 Å². The van der Waals surface area contributed by atoms with Gasteiger partial charge < -0.3 is 5.73 Å². The predicted octanol–water partition coefficient (Wildman–Crippen LogP) is 3.01. The quantitative estimate of drug-likeness (QED) is 0.901. The van der Waals surface area contributed by atoms with Gasteiger partial charge in [-0.1, -0.05) is 35.0 Å². The highest BCUT2D eigenvalue weighted by Crippen LogP contribution is 2.19. The summed E-state index contributed by atoms with van der Waals surface area (Å²) in [5.41, 5.74) is 7.26. The third-order valence-corrected chi connectivity index (χ3v) is 3.98. The van der Waals surface area contributed by atoms with Gasteiger partial charge in [-0.2, -0.15) is 0 Å². The van der Waals surface area contributed by atoms with Gasteiger partial charge in [0.15, 0.2) is 0 Å². The van der Waals surface area contributed by atoms with Crippen molar-refractivity contribution in [2.75, 3.05) is 13.6 Å². The molecule has 0 spiro atoms. The summed E-state index contributed by atoms with van der Waals surface area (Å²) in [5.74, 6) is 0. The Hall–Kier alpha value is -0.380. The molecule has 2 nitrogen and oxygen atoms in total. The molecule has 1 aromatic carbocycles. The van der Waals surface area contributed by atoms with Crippen LogP contribution >= 0.6 is 15.9 Å². The van der Waals surface area contributed by atoms with Crippen molar-refractivity contribution in [3.8, 4) is 0 Å². The van der Waals surface area contributed by atoms with Gasteiger partial charge in [0, 0.05) is 23.1 Å². The van der Waals surface area contributed by atoms with Crippen LogP contribution in [0.5, 0.6) is 0 Å². The van der Waals surface area contributed by atoms with Gasteiger partial charge in [0.2, 0.25) is 0 Å². The molecule has 0 aliphatic carbocycles. The molecule has 1 rings (SSSR count). The minimum atomic E-state index is 0.0904. The fourth-order valence-corrected chi connectivity index (χ4v) is 1.89. The van der Waals surface area contributed by atoms with Crippen molar-refractivity contribution in [1.29, 1.82) is 0 Å². The Morgan fingerprint density at radius 1 is 1.31 bits per heavy atom. The Morgan fingerprint density at radius 2 is 1.88 bits per heavy atom. The maximum atomic E-state index is 5.85. The SMILES string of the molecule is CCC(C)(CN)N(C)Cc1ccc(Br)cc1. The molecule has 1 aromatic rings. The largest absolute Gasteiger partial charge is 0.329 e. The van der Waals surface area contributed by atoms with Crippen LogP contribution in [-0.2, 0) is 6.54 Å². The number of rotatable bonds is 5. The van der Waals surface area contributed by atoms with Crippen LogP contribution in [0.2, 0.25) is 0 Å². The summed E-state index contributed by atoms with van der Waals surface area (Å²) in [6.45, 7) is 6.03. The van der Waals surface area contributed by atoms with Crippen LogP contribution in [0.15, 0.2) is 28.7 Å². The minimum absolute atomic E-state index is 0.0904. The van der Waals surface area contributed by atoms with Crippen molar-refractivity contribution in [3.05, 3.63) is 34.3 Å². The van der Waals surface area contributed by atoms with Crippen LogP contribution in [0, 0.1) is 0 Å². The van der Waals surface area contributed by atoms with Crippen LogP contribution in [0.3, 0.4) is 0 Å². The first-order chi connectivity index (χ1) is 7.51. The topological polar surface area (TPSA) is 29.3 Å². The Labute approximate surface area is 107 Å². The summed E-state index contributed by atoms with van der Waals surface area (Å²) in [6.07, 6.45) is 1.07. The second-order valence-corrected chi connectivity index (χ2v) is 5.45. The molecule has 0 aromatic heterocycles. The summed E-state index contributed by atoms with van der Waals surface area (Å²) in [7, 11) is 2.14. The average Bonchev–Trinajstić information content (AvgIpc) is 2.31. The first kappa shape index (κ1) is 13.7. The molecule has 0 bridgehead atoms. The van der Waals surface area contributed by atoms with E-state index >= 15 is 0 Å². The second kappa shape index (κ2) is 5.80. The number of nitrogens with two attached hydrogens (primary N) is 1. The van der Waals surface area contributed by atoms with E-state index in [4.69, 9.17) is 5.73 Å². The molecule has 0 saturated carbocycles. The van der Waals surface area contributed by atoms with Crippen LogP contribution in [-0.4, -0.2) is 24.0 Å². The van der Waals surface area contributed by atoms with E-state index in [2.05, 4.69) is 66.0 Å². The third-order valence-electron chi connectivity index (χ3n) is 3.46. The van der Waals surface area contributed by atoms with Gasteiger partial charge in [-0.25, -0.2) is 0 Å². The number of halogens is 1. The van der Waals surface area contributed by atoms with E-state index < -0.39 is 0 Å². The molecule has 2 N–H and O–H groups in total. The second-order valence-electron chi connectivity index (χ2n) is 4.54. The summed E-state index contributed by atoms with van der Waals surface area (Å²) in [4.78, 5) is 2.33. The fraction of sp³-hybridized carbons (Fsp3) is 0.538. The summed E-state index contributed by atoms with van der Waals surface area (Å²) < 4.78 is 1.12. The first-order valence-electron chi connectivity index (χ1n) is 5.67. The monoisotopic (exact) mass is 284 g/mol. The highest BCUT2D eigenvalue weighted by molar-refractivity contribution is 9.10. The number of hydrogen-bond acceptors (Lipinski definition) is 2. The minimum Gasteiger partial charge on any atom is -0.329 e. The lowest BCUT2D eigenvalue weighted by molar-refractivity contribution is 0.131. The van der Waals surface area contributed by atoms with Crippen LogP contribution in [0.4, 0.5) is 0 Å². The molecule has 0 aliphatic rings. The van der Waals surface area contributed by atoms with Gasteiger partial charge in [0.05, 0.1) is 0 Å². The van der Waals surface area contributed by atoms with E-state index in [1.54, 1.807) is 0 Å². The number of hydrogen-bond donors (Lipinski definition) is 1. The molecule has 16 heavy (non-hydrogen) atoms. The maximum absolute atomic E-state index is 5.85.